The molecule has 0 aliphatic rings. The molecule has 0 fully saturated rings. The molecule has 13 heavy (non-hydrogen) atoms. The van der Waals surface area contributed by atoms with Crippen LogP contribution in [0.3, 0.4) is 0 Å². The van der Waals surface area contributed by atoms with Gasteiger partial charge in [-0.15, -0.1) is 0 Å². The van der Waals surface area contributed by atoms with Gasteiger partial charge in [0.15, 0.2) is 5.65 Å². The maximum Gasteiger partial charge on any atom is 1.00 e. The number of aromatic nitrogens is 4. The molecule has 62 valence electrons. The average molecular weight is 250 g/mol. The fraction of sp³-hybridized carbons (Fsp3) is 0.167. The molecule has 0 bridgehead atoms. The van der Waals surface area contributed by atoms with E-state index in [2.05, 4.69) is 15.0 Å². The number of fused-ring (bicyclic) bond motifs is 1. The van der Waals surface area contributed by atoms with Gasteiger partial charge >= 0.3 is 58.2 Å². The minimum absolute atomic E-state index is 0. The van der Waals surface area contributed by atoms with Crippen LogP contribution in [0.5, 0.6) is 5.88 Å². The van der Waals surface area contributed by atoms with Crippen LogP contribution < -0.4 is 69.0 Å². The molecular weight excluding hydrogens is 244 g/mol. The van der Waals surface area contributed by atoms with E-state index in [9.17, 15) is 5.11 Å². The van der Waals surface area contributed by atoms with E-state index in [1.807, 2.05) is 0 Å². The fourth-order valence-corrected chi connectivity index (χ4v) is 0.997. The number of nitrogens with zero attached hydrogens (tertiary/aromatic N) is 4. The summed E-state index contributed by atoms with van der Waals surface area (Å²) < 4.78 is 1.62. The molecule has 0 unspecified atom stereocenters. The maximum atomic E-state index is 11.1. The van der Waals surface area contributed by atoms with Crippen molar-refractivity contribution < 1.29 is 63.3 Å². The standard InChI is InChI=1S/C6H7N5O.Rb/c1-11-2-8-3-4(11)9-6(7)10-5(3)12;/h2H,1H3,(H3,7,9,10,12);/q;+1/p-1. The van der Waals surface area contributed by atoms with Gasteiger partial charge in [0, 0.05) is 12.9 Å². The predicted octanol–water partition coefficient (Wildman–Crippen LogP) is -3.98. The number of rotatable bonds is 0. The number of hydrogen-bond acceptors (Lipinski definition) is 5. The zero-order valence-corrected chi connectivity index (χ0v) is 12.3. The third kappa shape index (κ3) is 1.90. The third-order valence-corrected chi connectivity index (χ3v) is 1.55. The second-order valence-corrected chi connectivity index (χ2v) is 2.41. The van der Waals surface area contributed by atoms with E-state index in [0.29, 0.717) is 5.65 Å². The number of nitrogen functional groups attached to an aromatic ring is 1. The Balaban J connectivity index is 0.000000845. The van der Waals surface area contributed by atoms with E-state index >= 15 is 0 Å². The van der Waals surface area contributed by atoms with Crippen molar-refractivity contribution in [1.29, 1.82) is 0 Å². The molecule has 0 amide bonds. The molecule has 0 aliphatic carbocycles. The molecular formula is C6H6N5ORb. The average Bonchev–Trinajstić information content (AvgIpc) is 2.33. The van der Waals surface area contributed by atoms with E-state index in [1.54, 1.807) is 11.6 Å². The van der Waals surface area contributed by atoms with Crippen LogP contribution >= 0.6 is 0 Å². The summed E-state index contributed by atoms with van der Waals surface area (Å²) in [6, 6.07) is 0. The topological polar surface area (TPSA) is 92.7 Å². The molecule has 0 atom stereocenters. The quantitative estimate of drug-likeness (QED) is 0.514. The molecule has 0 aromatic carbocycles. The van der Waals surface area contributed by atoms with Gasteiger partial charge < -0.3 is 15.4 Å². The van der Waals surface area contributed by atoms with Gasteiger partial charge in [0.2, 0.25) is 5.95 Å². The van der Waals surface area contributed by atoms with Crippen molar-refractivity contribution in [2.45, 2.75) is 0 Å². The van der Waals surface area contributed by atoms with E-state index in [0.717, 1.165) is 0 Å². The first-order valence-electron chi connectivity index (χ1n) is 3.30. The molecule has 0 saturated carbocycles. The minimum atomic E-state index is -0.432. The van der Waals surface area contributed by atoms with E-state index < -0.39 is 5.88 Å². The SMILES string of the molecule is Cn1cnc2c([O-])nc(N)nc21.[Rb+]. The summed E-state index contributed by atoms with van der Waals surface area (Å²) in [5.41, 5.74) is 6.01. The van der Waals surface area contributed by atoms with Crippen LogP contribution in [0.25, 0.3) is 11.2 Å². The van der Waals surface area contributed by atoms with Crippen molar-refractivity contribution in [3.63, 3.8) is 0 Å². The van der Waals surface area contributed by atoms with Gasteiger partial charge in [-0.3, -0.25) is 0 Å². The predicted molar refractivity (Wildman–Crippen MR) is 40.2 cm³/mol. The zero-order valence-electron chi connectivity index (χ0n) is 7.35. The molecule has 2 heterocycles. The first-order valence-corrected chi connectivity index (χ1v) is 3.30. The van der Waals surface area contributed by atoms with Crippen molar-refractivity contribution in [2.75, 3.05) is 5.73 Å². The molecule has 0 spiro atoms. The number of hydrogen-bond donors (Lipinski definition) is 1. The van der Waals surface area contributed by atoms with Gasteiger partial charge in [0.25, 0.3) is 0 Å². The van der Waals surface area contributed by atoms with Crippen molar-refractivity contribution in [2.24, 2.45) is 7.05 Å². The molecule has 0 aliphatic heterocycles. The number of aryl methyl sites for hydroxylation is 1. The van der Waals surface area contributed by atoms with E-state index in [4.69, 9.17) is 5.73 Å². The Labute approximate surface area is 123 Å². The fourth-order valence-electron chi connectivity index (χ4n) is 0.997. The summed E-state index contributed by atoms with van der Waals surface area (Å²) >= 11 is 0. The smallest absolute Gasteiger partial charge is 0.857 e. The van der Waals surface area contributed by atoms with Gasteiger partial charge in [-0.25, -0.2) is 9.97 Å². The van der Waals surface area contributed by atoms with Crippen molar-refractivity contribution in [3.8, 4) is 5.88 Å². The van der Waals surface area contributed by atoms with Gasteiger partial charge in [-0.1, -0.05) is 0 Å². The number of nitrogens with two attached hydrogens (primary N) is 1. The Bertz CT molecular complexity index is 440. The Morgan fingerprint density at radius 3 is 2.85 bits per heavy atom. The number of anilines is 1. The molecule has 2 aromatic heterocycles. The summed E-state index contributed by atoms with van der Waals surface area (Å²) in [7, 11) is 1.74. The van der Waals surface area contributed by atoms with Crippen LogP contribution in [0.1, 0.15) is 0 Å². The summed E-state index contributed by atoms with van der Waals surface area (Å²) in [6.45, 7) is 0. The second-order valence-electron chi connectivity index (χ2n) is 2.41. The van der Waals surface area contributed by atoms with Crippen LogP contribution in [0.2, 0.25) is 0 Å². The third-order valence-electron chi connectivity index (χ3n) is 1.55. The van der Waals surface area contributed by atoms with E-state index in [-0.39, 0.29) is 69.7 Å². The van der Waals surface area contributed by atoms with Crippen molar-refractivity contribution in [3.05, 3.63) is 6.33 Å². The Morgan fingerprint density at radius 2 is 2.15 bits per heavy atom. The molecule has 0 saturated heterocycles. The Hall–Kier alpha value is -0.0448. The monoisotopic (exact) mass is 249 g/mol. The molecule has 2 rings (SSSR count). The number of imidazole rings is 1. The Morgan fingerprint density at radius 1 is 1.46 bits per heavy atom. The zero-order chi connectivity index (χ0) is 8.72. The molecule has 2 aromatic rings. The van der Waals surface area contributed by atoms with Crippen molar-refractivity contribution in [1.82, 2.24) is 19.5 Å². The molecule has 7 heteroatoms. The van der Waals surface area contributed by atoms with Crippen LogP contribution in [0, 0.1) is 0 Å². The van der Waals surface area contributed by atoms with Gasteiger partial charge in [0.1, 0.15) is 5.52 Å². The maximum absolute atomic E-state index is 11.1. The van der Waals surface area contributed by atoms with Crippen molar-refractivity contribution >= 4 is 17.1 Å². The summed E-state index contributed by atoms with van der Waals surface area (Å²) in [5, 5.41) is 11.1. The molecule has 2 N–H and O–H groups in total. The molecule has 6 nitrogen and oxygen atoms in total. The normalized spacial score (nSPS) is 9.92. The first kappa shape index (κ1) is 11.0. The molecule has 0 radical (unpaired) electrons. The van der Waals surface area contributed by atoms with Gasteiger partial charge in [-0.05, 0) is 0 Å². The first-order chi connectivity index (χ1) is 5.68. The Kier molecular flexibility index (Phi) is 3.39. The van der Waals surface area contributed by atoms with Crippen LogP contribution in [-0.4, -0.2) is 19.5 Å². The van der Waals surface area contributed by atoms with Gasteiger partial charge in [0.05, 0.1) is 6.33 Å². The second kappa shape index (κ2) is 3.99. The van der Waals surface area contributed by atoms with Crippen LogP contribution in [0.15, 0.2) is 6.33 Å². The summed E-state index contributed by atoms with van der Waals surface area (Å²) in [5.74, 6) is -0.450. The van der Waals surface area contributed by atoms with Gasteiger partial charge in [-0.2, -0.15) is 4.98 Å². The summed E-state index contributed by atoms with van der Waals surface area (Å²) in [6.07, 6.45) is 1.50. The minimum Gasteiger partial charge on any atom is -0.857 e. The van der Waals surface area contributed by atoms with Crippen LogP contribution in [-0.2, 0) is 7.05 Å². The van der Waals surface area contributed by atoms with E-state index in [1.165, 1.54) is 6.33 Å². The summed E-state index contributed by atoms with van der Waals surface area (Å²) in [4.78, 5) is 11.1. The van der Waals surface area contributed by atoms with Crippen LogP contribution in [0.4, 0.5) is 5.95 Å². The largest absolute Gasteiger partial charge is 1.00 e.